The molecule has 8 heteroatoms. The third kappa shape index (κ3) is 3.19. The van der Waals surface area contributed by atoms with Gasteiger partial charge in [0.2, 0.25) is 11.8 Å². The van der Waals surface area contributed by atoms with Crippen LogP contribution in [0.1, 0.15) is 33.9 Å². The van der Waals surface area contributed by atoms with Gasteiger partial charge in [0.1, 0.15) is 11.7 Å². The number of carbonyl (C=O) groups is 2. The highest BCUT2D eigenvalue weighted by Gasteiger charge is 2.57. The number of benzene rings is 1. The van der Waals surface area contributed by atoms with E-state index >= 15 is 0 Å². The van der Waals surface area contributed by atoms with E-state index in [9.17, 15) is 18.4 Å². The Kier molecular flexibility index (Phi) is 4.49. The molecule has 2 aliphatic rings. The third-order valence-electron chi connectivity index (χ3n) is 5.64. The molecule has 5 nitrogen and oxygen atoms in total. The van der Waals surface area contributed by atoms with Crippen LogP contribution < -0.4 is 5.73 Å². The number of primary amides is 1. The molecular weight excluding hydrogens is 384 g/mol. The minimum absolute atomic E-state index is 0.108. The lowest BCUT2D eigenvalue weighted by Gasteiger charge is -2.26. The monoisotopic (exact) mass is 405 g/mol. The Morgan fingerprint density at radius 3 is 2.71 bits per heavy atom. The summed E-state index contributed by atoms with van der Waals surface area (Å²) in [6, 6.07) is 6.72. The zero-order chi connectivity index (χ0) is 20.2. The van der Waals surface area contributed by atoms with Crippen molar-refractivity contribution >= 4 is 23.2 Å². The molecule has 2 fully saturated rings. The SMILES string of the molecule is Cc1cccc(-c2sc(C)nc2C(=O)N2C[C@@H]3CC(F)(F)C[C@@H]3[C@H]2C(N)=O)c1. The summed E-state index contributed by atoms with van der Waals surface area (Å²) in [6.07, 6.45) is -0.720. The van der Waals surface area contributed by atoms with Gasteiger partial charge in [-0.3, -0.25) is 9.59 Å². The molecule has 1 aliphatic carbocycles. The lowest BCUT2D eigenvalue weighted by molar-refractivity contribution is -0.123. The van der Waals surface area contributed by atoms with Gasteiger partial charge in [0.05, 0.1) is 9.88 Å². The molecular formula is C20H21F2N3O2S. The van der Waals surface area contributed by atoms with E-state index in [2.05, 4.69) is 4.98 Å². The second kappa shape index (κ2) is 6.62. The molecule has 2 aromatic rings. The molecule has 2 amide bonds. The molecule has 4 rings (SSSR count). The van der Waals surface area contributed by atoms with Crippen LogP contribution in [0, 0.1) is 25.7 Å². The molecule has 0 unspecified atom stereocenters. The highest BCUT2D eigenvalue weighted by molar-refractivity contribution is 7.15. The number of alkyl halides is 2. The van der Waals surface area contributed by atoms with Crippen LogP contribution in [-0.4, -0.2) is 40.2 Å². The number of likely N-dealkylation sites (tertiary alicyclic amines) is 1. The fraction of sp³-hybridized carbons (Fsp3) is 0.450. The number of aromatic nitrogens is 1. The van der Waals surface area contributed by atoms with Gasteiger partial charge in [0.15, 0.2) is 0 Å². The molecule has 3 atom stereocenters. The number of thiazole rings is 1. The number of nitrogens with two attached hydrogens (primary N) is 1. The highest BCUT2D eigenvalue weighted by Crippen LogP contribution is 2.50. The summed E-state index contributed by atoms with van der Waals surface area (Å²) in [5.41, 5.74) is 7.70. The number of amides is 2. The van der Waals surface area contributed by atoms with Gasteiger partial charge in [0, 0.05) is 19.4 Å². The predicted octanol–water partition coefficient (Wildman–Crippen LogP) is 3.40. The van der Waals surface area contributed by atoms with E-state index in [1.807, 2.05) is 38.1 Å². The predicted molar refractivity (Wildman–Crippen MR) is 102 cm³/mol. The Bertz CT molecular complexity index is 959. The number of nitrogens with zero attached hydrogens (tertiary/aromatic N) is 2. The Labute approximate surface area is 165 Å². The molecule has 1 saturated carbocycles. The van der Waals surface area contributed by atoms with E-state index in [0.29, 0.717) is 0 Å². The zero-order valence-corrected chi connectivity index (χ0v) is 16.4. The van der Waals surface area contributed by atoms with E-state index in [4.69, 9.17) is 5.73 Å². The average Bonchev–Trinajstić information content (AvgIpc) is 3.23. The second-order valence-electron chi connectivity index (χ2n) is 7.77. The van der Waals surface area contributed by atoms with Crippen molar-refractivity contribution in [2.75, 3.05) is 6.54 Å². The summed E-state index contributed by atoms with van der Waals surface area (Å²) in [4.78, 5) is 31.9. The summed E-state index contributed by atoms with van der Waals surface area (Å²) in [5, 5.41) is 0.724. The minimum Gasteiger partial charge on any atom is -0.368 e. The summed E-state index contributed by atoms with van der Waals surface area (Å²) >= 11 is 1.40. The van der Waals surface area contributed by atoms with Crippen molar-refractivity contribution < 1.29 is 18.4 Å². The normalized spacial score (nSPS) is 25.7. The van der Waals surface area contributed by atoms with Crippen molar-refractivity contribution in [1.82, 2.24) is 9.88 Å². The number of rotatable bonds is 3. The van der Waals surface area contributed by atoms with Crippen LogP contribution >= 0.6 is 11.3 Å². The topological polar surface area (TPSA) is 76.3 Å². The molecule has 2 heterocycles. The van der Waals surface area contributed by atoms with Crippen molar-refractivity contribution in [3.05, 3.63) is 40.5 Å². The van der Waals surface area contributed by atoms with Crippen LogP contribution in [0.4, 0.5) is 8.78 Å². The van der Waals surface area contributed by atoms with Gasteiger partial charge in [-0.1, -0.05) is 29.8 Å². The molecule has 1 aliphatic heterocycles. The highest BCUT2D eigenvalue weighted by atomic mass is 32.1. The zero-order valence-electron chi connectivity index (χ0n) is 15.6. The van der Waals surface area contributed by atoms with Crippen LogP contribution in [0.2, 0.25) is 0 Å². The Balaban J connectivity index is 1.70. The van der Waals surface area contributed by atoms with Gasteiger partial charge in [-0.15, -0.1) is 11.3 Å². The quantitative estimate of drug-likeness (QED) is 0.850. The van der Waals surface area contributed by atoms with Gasteiger partial charge < -0.3 is 10.6 Å². The molecule has 1 aromatic heterocycles. The van der Waals surface area contributed by atoms with Crippen molar-refractivity contribution in [2.45, 2.75) is 38.7 Å². The number of aryl methyl sites for hydroxylation is 2. The lowest BCUT2D eigenvalue weighted by atomic mass is 9.93. The van der Waals surface area contributed by atoms with Crippen molar-refractivity contribution in [3.8, 4) is 10.4 Å². The van der Waals surface area contributed by atoms with E-state index < -0.39 is 42.0 Å². The van der Waals surface area contributed by atoms with Crippen LogP contribution in [0.3, 0.4) is 0 Å². The first-order chi connectivity index (χ1) is 13.2. The fourth-order valence-electron chi connectivity index (χ4n) is 4.56. The van der Waals surface area contributed by atoms with Gasteiger partial charge >= 0.3 is 0 Å². The van der Waals surface area contributed by atoms with Gasteiger partial charge in [-0.25, -0.2) is 13.8 Å². The molecule has 1 saturated heterocycles. The maximum absolute atomic E-state index is 13.8. The van der Waals surface area contributed by atoms with Crippen LogP contribution in [0.25, 0.3) is 10.4 Å². The van der Waals surface area contributed by atoms with Gasteiger partial charge in [-0.2, -0.15) is 0 Å². The summed E-state index contributed by atoms with van der Waals surface area (Å²) in [6.45, 7) is 3.88. The van der Waals surface area contributed by atoms with Crippen molar-refractivity contribution in [2.24, 2.45) is 17.6 Å². The van der Waals surface area contributed by atoms with Crippen LogP contribution in [0.5, 0.6) is 0 Å². The fourth-order valence-corrected chi connectivity index (χ4v) is 5.47. The number of hydrogen-bond acceptors (Lipinski definition) is 4. The smallest absolute Gasteiger partial charge is 0.274 e. The second-order valence-corrected chi connectivity index (χ2v) is 8.98. The molecule has 0 bridgehead atoms. The largest absolute Gasteiger partial charge is 0.368 e. The number of carbonyl (C=O) groups excluding carboxylic acids is 2. The standard InChI is InChI=1S/C20H21F2N3O2S/c1-10-4-3-5-12(6-10)17-15(24-11(2)28-17)19(27)25-9-13-7-20(21,22)8-14(13)16(25)18(23)26/h3-6,13-14,16H,7-9H2,1-2H3,(H2,23,26)/t13-,14-,16-/m0/s1. The van der Waals surface area contributed by atoms with Crippen molar-refractivity contribution in [1.29, 1.82) is 0 Å². The summed E-state index contributed by atoms with van der Waals surface area (Å²) < 4.78 is 27.6. The third-order valence-corrected chi connectivity index (χ3v) is 6.66. The van der Waals surface area contributed by atoms with Crippen molar-refractivity contribution in [3.63, 3.8) is 0 Å². The maximum Gasteiger partial charge on any atom is 0.274 e. The van der Waals surface area contributed by atoms with Gasteiger partial charge in [0.25, 0.3) is 5.91 Å². The first-order valence-corrected chi connectivity index (χ1v) is 10.0. The molecule has 2 N–H and O–H groups in total. The maximum atomic E-state index is 13.8. The minimum atomic E-state index is -2.80. The summed E-state index contributed by atoms with van der Waals surface area (Å²) in [7, 11) is 0. The number of fused-ring (bicyclic) bond motifs is 1. The molecule has 0 spiro atoms. The first-order valence-electron chi connectivity index (χ1n) is 9.19. The summed E-state index contributed by atoms with van der Waals surface area (Å²) in [5.74, 6) is -4.97. The number of hydrogen-bond donors (Lipinski definition) is 1. The lowest BCUT2D eigenvalue weighted by Crippen LogP contribution is -2.47. The van der Waals surface area contributed by atoms with E-state index in [1.165, 1.54) is 16.2 Å². The van der Waals surface area contributed by atoms with Crippen LogP contribution in [0.15, 0.2) is 24.3 Å². The molecule has 148 valence electrons. The Morgan fingerprint density at radius 1 is 1.29 bits per heavy atom. The van der Waals surface area contributed by atoms with E-state index in [0.717, 1.165) is 21.0 Å². The van der Waals surface area contributed by atoms with Crippen LogP contribution in [-0.2, 0) is 4.79 Å². The molecule has 0 radical (unpaired) electrons. The Morgan fingerprint density at radius 2 is 2.04 bits per heavy atom. The van der Waals surface area contributed by atoms with E-state index in [-0.39, 0.29) is 18.7 Å². The van der Waals surface area contributed by atoms with Gasteiger partial charge in [-0.05, 0) is 31.2 Å². The first kappa shape index (κ1) is 19.0. The molecule has 1 aromatic carbocycles. The average molecular weight is 405 g/mol. The molecule has 28 heavy (non-hydrogen) atoms. The number of halogens is 2. The van der Waals surface area contributed by atoms with E-state index in [1.54, 1.807) is 0 Å². The Hall–Kier alpha value is -2.35.